The maximum Gasteiger partial charge on any atom is 0.472 e. The summed E-state index contributed by atoms with van der Waals surface area (Å²) >= 11 is 0. The number of hydrogen-bond acceptors (Lipinski definition) is 8. The number of allylic oxidation sites excluding steroid dienone is 24. The van der Waals surface area contributed by atoms with Gasteiger partial charge in [0.25, 0.3) is 0 Å². The van der Waals surface area contributed by atoms with Crippen molar-refractivity contribution in [3.63, 3.8) is 0 Å². The lowest BCUT2D eigenvalue weighted by Gasteiger charge is -2.19. The number of rotatable bonds is 69. The quantitative estimate of drug-likeness (QED) is 0.0264. The third-order valence-corrected chi connectivity index (χ3v) is 16.7. The highest BCUT2D eigenvalue weighted by molar-refractivity contribution is 7.47. The van der Waals surface area contributed by atoms with Crippen LogP contribution in [0, 0.1) is 0 Å². The molecule has 0 fully saturated rings. The van der Waals surface area contributed by atoms with Crippen LogP contribution in [0.25, 0.3) is 0 Å². The van der Waals surface area contributed by atoms with Crippen molar-refractivity contribution < 1.29 is 37.6 Å². The highest BCUT2D eigenvalue weighted by atomic mass is 31.2. The average molecular weight is 1280 g/mol. The zero-order chi connectivity index (χ0) is 65.8. The Labute approximate surface area is 560 Å². The van der Waals surface area contributed by atoms with Crippen molar-refractivity contribution in [3.05, 3.63) is 146 Å². The normalized spacial score (nSPS) is 13.8. The molecule has 0 spiro atoms. The van der Waals surface area contributed by atoms with Gasteiger partial charge in [-0.3, -0.25) is 18.6 Å². The number of carbonyl (C=O) groups is 2. The first kappa shape index (κ1) is 86.9. The van der Waals surface area contributed by atoms with E-state index in [2.05, 4.69) is 160 Å². The van der Waals surface area contributed by atoms with Crippen LogP contribution in [0.3, 0.4) is 0 Å². The molecule has 0 aliphatic carbocycles. The Morgan fingerprint density at radius 3 is 0.846 bits per heavy atom. The topological polar surface area (TPSA) is 134 Å². The first-order valence-corrected chi connectivity index (χ1v) is 38.8. The Kier molecular flexibility index (Phi) is 71.5. The molecule has 2 atom stereocenters. The number of carbonyl (C=O) groups excluding carboxylic acids is 2. The van der Waals surface area contributed by atoms with Gasteiger partial charge in [-0.1, -0.05) is 339 Å². The Bertz CT molecular complexity index is 2010. The van der Waals surface area contributed by atoms with E-state index in [4.69, 9.17) is 24.3 Å². The Morgan fingerprint density at radius 1 is 0.330 bits per heavy atom. The molecule has 3 N–H and O–H groups in total. The lowest BCUT2D eigenvalue weighted by Crippen LogP contribution is -2.29. The molecule has 0 aromatic rings. The van der Waals surface area contributed by atoms with Crippen LogP contribution in [-0.4, -0.2) is 49.3 Å². The summed E-state index contributed by atoms with van der Waals surface area (Å²) in [7, 11) is -4.40. The summed E-state index contributed by atoms with van der Waals surface area (Å²) in [6.45, 7) is 3.54. The van der Waals surface area contributed by atoms with Crippen LogP contribution in [0.15, 0.2) is 146 Å². The molecule has 0 amide bonds. The first-order chi connectivity index (χ1) is 44.8. The maximum absolute atomic E-state index is 12.8. The van der Waals surface area contributed by atoms with E-state index in [1.165, 1.54) is 173 Å². The highest BCUT2D eigenvalue weighted by Crippen LogP contribution is 2.43. The molecular formula is C81H138NO8P. The summed E-state index contributed by atoms with van der Waals surface area (Å²) in [5.41, 5.74) is 5.41. The van der Waals surface area contributed by atoms with Gasteiger partial charge in [0.2, 0.25) is 0 Å². The zero-order valence-electron chi connectivity index (χ0n) is 58.5. The molecule has 2 unspecified atom stereocenters. The molecule has 0 saturated carbocycles. The van der Waals surface area contributed by atoms with Crippen LogP contribution in [0.4, 0.5) is 0 Å². The van der Waals surface area contributed by atoms with Crippen molar-refractivity contribution in [2.75, 3.05) is 26.4 Å². The number of phosphoric acid groups is 1. The van der Waals surface area contributed by atoms with Crippen LogP contribution in [-0.2, 0) is 32.7 Å². The minimum absolute atomic E-state index is 0.0495. The van der Waals surface area contributed by atoms with E-state index in [0.29, 0.717) is 6.42 Å². The summed E-state index contributed by atoms with van der Waals surface area (Å²) in [5, 5.41) is 0. The largest absolute Gasteiger partial charge is 0.472 e. The Morgan fingerprint density at radius 2 is 0.571 bits per heavy atom. The van der Waals surface area contributed by atoms with Gasteiger partial charge in [0.1, 0.15) is 6.61 Å². The van der Waals surface area contributed by atoms with Gasteiger partial charge in [-0.05, 0) is 116 Å². The molecule has 0 aromatic carbocycles. The summed E-state index contributed by atoms with van der Waals surface area (Å²) < 4.78 is 33.2. The molecule has 0 radical (unpaired) electrons. The lowest BCUT2D eigenvalue weighted by atomic mass is 10.0. The van der Waals surface area contributed by atoms with Gasteiger partial charge >= 0.3 is 19.8 Å². The van der Waals surface area contributed by atoms with Gasteiger partial charge < -0.3 is 20.1 Å². The summed E-state index contributed by atoms with van der Waals surface area (Å²) in [6.07, 6.45) is 108. The first-order valence-electron chi connectivity index (χ1n) is 37.3. The minimum Gasteiger partial charge on any atom is -0.462 e. The van der Waals surface area contributed by atoms with E-state index in [9.17, 15) is 19.0 Å². The maximum atomic E-state index is 12.8. The Hall–Kier alpha value is -4.11. The van der Waals surface area contributed by atoms with Crippen LogP contribution in [0.2, 0.25) is 0 Å². The van der Waals surface area contributed by atoms with Gasteiger partial charge in [0, 0.05) is 19.4 Å². The van der Waals surface area contributed by atoms with Crippen molar-refractivity contribution in [2.45, 2.75) is 328 Å². The van der Waals surface area contributed by atoms with Gasteiger partial charge in [0.15, 0.2) is 6.10 Å². The van der Waals surface area contributed by atoms with Crippen molar-refractivity contribution in [3.8, 4) is 0 Å². The molecule has 0 bridgehead atoms. The third-order valence-electron chi connectivity index (χ3n) is 15.7. The van der Waals surface area contributed by atoms with Gasteiger partial charge in [-0.25, -0.2) is 4.57 Å². The summed E-state index contributed by atoms with van der Waals surface area (Å²) in [5.74, 6) is -0.822. The lowest BCUT2D eigenvalue weighted by molar-refractivity contribution is -0.161. The van der Waals surface area contributed by atoms with Crippen molar-refractivity contribution in [2.24, 2.45) is 5.73 Å². The van der Waals surface area contributed by atoms with Crippen LogP contribution in [0.1, 0.15) is 322 Å². The third kappa shape index (κ3) is 74.8. The monoisotopic (exact) mass is 1280 g/mol. The molecular weight excluding hydrogens is 1150 g/mol. The molecule has 9 nitrogen and oxygen atoms in total. The fourth-order valence-corrected chi connectivity index (χ4v) is 11.1. The Balaban J connectivity index is 3.86. The molecule has 0 heterocycles. The number of nitrogens with two attached hydrogens (primary N) is 1. The van der Waals surface area contributed by atoms with Crippen molar-refractivity contribution in [1.29, 1.82) is 0 Å². The second-order valence-electron chi connectivity index (χ2n) is 24.4. The zero-order valence-corrected chi connectivity index (χ0v) is 59.4. The summed E-state index contributed by atoms with van der Waals surface area (Å²) in [4.78, 5) is 35.4. The minimum atomic E-state index is -4.40. The fraction of sp³-hybridized carbons (Fsp3) is 0.679. The van der Waals surface area contributed by atoms with E-state index in [0.717, 1.165) is 116 Å². The van der Waals surface area contributed by atoms with Gasteiger partial charge in [0.05, 0.1) is 13.2 Å². The predicted octanol–water partition coefficient (Wildman–Crippen LogP) is 25.0. The number of esters is 2. The van der Waals surface area contributed by atoms with E-state index in [1.54, 1.807) is 0 Å². The van der Waals surface area contributed by atoms with Gasteiger partial charge in [-0.15, -0.1) is 0 Å². The SMILES string of the molecule is CC/C=C\C/C=C\C/C=C\C/C=C\C/C=C\C/C=C\C/C=C\CCCCCCCCCCCCCCCCCCCC(=O)OC(COC(=O)CCCCCCCCCCCCCCCCC/C=C\C/C=C\C/C=C\C/C=C\C/C=C\CC)COP(=O)(O)OCCN. The molecule has 0 aromatic heterocycles. The standard InChI is InChI=1S/C81H138NO8P/c1-3-5-7-9-11-13-15-17-19-21-23-25-27-29-31-33-35-36-37-38-39-40-41-42-44-46-48-50-52-54-56-58-60-62-64-66-68-70-72-74-81(84)90-79(78-89-91(85,86)88-76-75-82)77-87-80(83)73-71-69-67-65-63-61-59-57-55-53-51-49-47-45-43-34-32-30-28-26-24-22-20-18-16-14-12-10-8-6-4-2/h5-8,11-14,17-20,23-26,29-32,35-36,38-39,79H,3-4,9-10,15-16,21-22,27-28,33-34,37,40-78,82H2,1-2H3,(H,85,86)/b7-5-,8-6-,13-11-,14-12-,19-17-,20-18-,25-23-,26-24-,31-29-,32-30-,36-35-,39-38-. The number of hydrogen-bond donors (Lipinski definition) is 2. The summed E-state index contributed by atoms with van der Waals surface area (Å²) in [6, 6.07) is 0. The predicted molar refractivity (Wildman–Crippen MR) is 394 cm³/mol. The van der Waals surface area contributed by atoms with Gasteiger partial charge in [-0.2, -0.15) is 0 Å². The highest BCUT2D eigenvalue weighted by Gasteiger charge is 2.26. The second-order valence-corrected chi connectivity index (χ2v) is 25.9. The van der Waals surface area contributed by atoms with Crippen LogP contribution in [0.5, 0.6) is 0 Å². The fourth-order valence-electron chi connectivity index (χ4n) is 10.3. The van der Waals surface area contributed by atoms with Crippen LogP contribution < -0.4 is 5.73 Å². The molecule has 0 aliphatic heterocycles. The number of ether oxygens (including phenoxy) is 2. The van der Waals surface area contributed by atoms with E-state index >= 15 is 0 Å². The van der Waals surface area contributed by atoms with E-state index in [-0.39, 0.29) is 38.6 Å². The molecule has 0 saturated heterocycles. The molecule has 91 heavy (non-hydrogen) atoms. The molecule has 10 heteroatoms. The number of phosphoric ester groups is 1. The molecule has 0 aliphatic rings. The second kappa shape index (κ2) is 74.9. The van der Waals surface area contributed by atoms with Crippen molar-refractivity contribution >= 4 is 19.8 Å². The average Bonchev–Trinajstić information content (AvgIpc) is 3.71. The molecule has 520 valence electrons. The number of unbranched alkanes of at least 4 members (excludes halogenated alkanes) is 32. The van der Waals surface area contributed by atoms with E-state index in [1.807, 2.05) is 0 Å². The van der Waals surface area contributed by atoms with Crippen molar-refractivity contribution in [1.82, 2.24) is 0 Å². The smallest absolute Gasteiger partial charge is 0.462 e. The van der Waals surface area contributed by atoms with E-state index < -0.39 is 26.5 Å². The van der Waals surface area contributed by atoms with Crippen LogP contribution >= 0.6 is 7.82 Å². The molecule has 0 rings (SSSR count).